The monoisotopic (exact) mass is 239 g/mol. The predicted molar refractivity (Wildman–Crippen MR) is 64.4 cm³/mol. The lowest BCUT2D eigenvalue weighted by Gasteiger charge is -2.32. The lowest BCUT2D eigenvalue weighted by Crippen LogP contribution is -2.59. The van der Waals surface area contributed by atoms with E-state index in [1.807, 2.05) is 18.7 Å². The number of nitrogens with one attached hydrogen (secondary N) is 2. The fourth-order valence-corrected chi connectivity index (χ4v) is 2.08. The zero-order chi connectivity index (χ0) is 12.4. The maximum Gasteiger partial charge on any atom is 0.241 e. The van der Waals surface area contributed by atoms with Gasteiger partial charge in [0.05, 0.1) is 6.54 Å². The molecule has 1 atom stereocenters. The summed E-state index contributed by atoms with van der Waals surface area (Å²) in [7, 11) is 0. The summed E-state index contributed by atoms with van der Waals surface area (Å²) in [5.41, 5.74) is 0. The molecule has 2 rings (SSSR count). The van der Waals surface area contributed by atoms with Crippen LogP contribution in [0.1, 0.15) is 26.7 Å². The molecule has 1 aliphatic heterocycles. The Hall–Kier alpha value is -1.10. The average molecular weight is 239 g/mol. The van der Waals surface area contributed by atoms with Gasteiger partial charge in [-0.05, 0) is 32.6 Å². The van der Waals surface area contributed by atoms with E-state index in [1.54, 1.807) is 0 Å². The summed E-state index contributed by atoms with van der Waals surface area (Å²) in [6, 6.07) is -0.0311. The average Bonchev–Trinajstić information content (AvgIpc) is 3.09. The first-order valence-corrected chi connectivity index (χ1v) is 6.38. The second-order valence-corrected chi connectivity index (χ2v) is 5.27. The van der Waals surface area contributed by atoms with Gasteiger partial charge in [0.1, 0.15) is 6.04 Å². The van der Waals surface area contributed by atoms with Crippen molar-refractivity contribution in [2.75, 3.05) is 19.6 Å². The van der Waals surface area contributed by atoms with Crippen LogP contribution in [0.5, 0.6) is 0 Å². The molecule has 1 aliphatic carbocycles. The number of carbonyl (C=O) groups is 2. The Morgan fingerprint density at radius 2 is 2.18 bits per heavy atom. The Morgan fingerprint density at radius 1 is 1.47 bits per heavy atom. The van der Waals surface area contributed by atoms with Gasteiger partial charge in [0.2, 0.25) is 11.8 Å². The van der Waals surface area contributed by atoms with Crippen molar-refractivity contribution in [2.45, 2.75) is 38.8 Å². The van der Waals surface area contributed by atoms with Gasteiger partial charge in [-0.15, -0.1) is 0 Å². The molecule has 1 unspecified atom stereocenters. The van der Waals surface area contributed by atoms with E-state index in [4.69, 9.17) is 0 Å². The zero-order valence-electron chi connectivity index (χ0n) is 10.5. The van der Waals surface area contributed by atoms with Crippen LogP contribution in [0.2, 0.25) is 0 Å². The summed E-state index contributed by atoms with van der Waals surface area (Å²) >= 11 is 0. The van der Waals surface area contributed by atoms with Gasteiger partial charge < -0.3 is 10.2 Å². The molecule has 0 spiro atoms. The van der Waals surface area contributed by atoms with Gasteiger partial charge in [-0.25, -0.2) is 0 Å². The summed E-state index contributed by atoms with van der Waals surface area (Å²) < 4.78 is 0. The smallest absolute Gasteiger partial charge is 0.241 e. The lowest BCUT2D eigenvalue weighted by atomic mass is 10.1. The molecular formula is C12H21N3O2. The SMILES string of the molecule is CC(C)N(CC1CC1)C(=O)C1CNC(=O)CN1. The van der Waals surface area contributed by atoms with E-state index >= 15 is 0 Å². The molecule has 2 N–H and O–H groups in total. The van der Waals surface area contributed by atoms with Crippen molar-refractivity contribution in [2.24, 2.45) is 5.92 Å². The number of amides is 2. The highest BCUT2D eigenvalue weighted by atomic mass is 16.2. The minimum atomic E-state index is -0.256. The van der Waals surface area contributed by atoms with Crippen LogP contribution in [0.25, 0.3) is 0 Å². The number of hydrogen-bond acceptors (Lipinski definition) is 3. The predicted octanol–water partition coefficient (Wildman–Crippen LogP) is -0.279. The minimum Gasteiger partial charge on any atom is -0.353 e. The lowest BCUT2D eigenvalue weighted by molar-refractivity contribution is -0.136. The number of rotatable bonds is 4. The highest BCUT2D eigenvalue weighted by Crippen LogP contribution is 2.30. The van der Waals surface area contributed by atoms with Crippen LogP contribution in [0.15, 0.2) is 0 Å². The summed E-state index contributed by atoms with van der Waals surface area (Å²) in [6.45, 7) is 5.60. The Kier molecular flexibility index (Phi) is 3.66. The Bertz CT molecular complexity index is 303. The van der Waals surface area contributed by atoms with Crippen LogP contribution in [0, 0.1) is 5.92 Å². The molecule has 1 saturated carbocycles. The molecule has 2 fully saturated rings. The Morgan fingerprint density at radius 3 is 2.65 bits per heavy atom. The second kappa shape index (κ2) is 5.04. The van der Waals surface area contributed by atoms with E-state index in [9.17, 15) is 9.59 Å². The number of carbonyl (C=O) groups excluding carboxylic acids is 2. The van der Waals surface area contributed by atoms with Crippen LogP contribution < -0.4 is 10.6 Å². The van der Waals surface area contributed by atoms with Gasteiger partial charge in [-0.1, -0.05) is 0 Å². The maximum absolute atomic E-state index is 12.3. The fraction of sp³-hybridized carbons (Fsp3) is 0.833. The molecule has 0 bridgehead atoms. The first kappa shape index (κ1) is 12.4. The van der Waals surface area contributed by atoms with Gasteiger partial charge in [0.15, 0.2) is 0 Å². The van der Waals surface area contributed by atoms with Gasteiger partial charge in [-0.3, -0.25) is 14.9 Å². The largest absolute Gasteiger partial charge is 0.353 e. The summed E-state index contributed by atoms with van der Waals surface area (Å²) in [4.78, 5) is 25.3. The second-order valence-electron chi connectivity index (χ2n) is 5.27. The number of piperazine rings is 1. The molecule has 1 saturated heterocycles. The molecule has 96 valence electrons. The van der Waals surface area contributed by atoms with Gasteiger partial charge in [0.25, 0.3) is 0 Å². The molecule has 0 aromatic heterocycles. The molecule has 0 aromatic rings. The van der Waals surface area contributed by atoms with Crippen LogP contribution >= 0.6 is 0 Å². The third-order valence-corrected chi connectivity index (χ3v) is 3.37. The van der Waals surface area contributed by atoms with Crippen LogP contribution in [-0.2, 0) is 9.59 Å². The summed E-state index contributed by atoms with van der Waals surface area (Å²) in [6.07, 6.45) is 2.48. The fourth-order valence-electron chi connectivity index (χ4n) is 2.08. The van der Waals surface area contributed by atoms with Crippen molar-refractivity contribution in [3.63, 3.8) is 0 Å². The Balaban J connectivity index is 1.92. The van der Waals surface area contributed by atoms with Crippen LogP contribution in [0.4, 0.5) is 0 Å². The van der Waals surface area contributed by atoms with Crippen molar-refractivity contribution in [3.8, 4) is 0 Å². The van der Waals surface area contributed by atoms with Gasteiger partial charge >= 0.3 is 0 Å². The van der Waals surface area contributed by atoms with Crippen LogP contribution in [-0.4, -0.2) is 48.4 Å². The van der Waals surface area contributed by atoms with E-state index in [2.05, 4.69) is 10.6 Å². The standard InChI is InChI=1S/C12H21N3O2/c1-8(2)15(7-9-3-4-9)12(17)10-5-14-11(16)6-13-10/h8-10,13H,3-7H2,1-2H3,(H,14,16). The van der Waals surface area contributed by atoms with E-state index < -0.39 is 0 Å². The zero-order valence-corrected chi connectivity index (χ0v) is 10.5. The summed E-state index contributed by atoms with van der Waals surface area (Å²) in [5, 5.41) is 5.72. The summed E-state index contributed by atoms with van der Waals surface area (Å²) in [5.74, 6) is 0.777. The number of hydrogen-bond donors (Lipinski definition) is 2. The normalized spacial score (nSPS) is 24.6. The molecule has 5 heteroatoms. The maximum atomic E-state index is 12.3. The molecule has 1 heterocycles. The highest BCUT2D eigenvalue weighted by molar-refractivity contribution is 5.87. The van der Waals surface area contributed by atoms with E-state index in [-0.39, 0.29) is 30.4 Å². The van der Waals surface area contributed by atoms with Crippen molar-refractivity contribution in [1.82, 2.24) is 15.5 Å². The third kappa shape index (κ3) is 3.19. The van der Waals surface area contributed by atoms with E-state index in [1.165, 1.54) is 12.8 Å². The molecule has 5 nitrogen and oxygen atoms in total. The molecule has 0 aromatic carbocycles. The van der Waals surface area contributed by atoms with Gasteiger partial charge in [0, 0.05) is 19.1 Å². The highest BCUT2D eigenvalue weighted by Gasteiger charge is 2.33. The van der Waals surface area contributed by atoms with Crippen molar-refractivity contribution >= 4 is 11.8 Å². The van der Waals surface area contributed by atoms with Crippen LogP contribution in [0.3, 0.4) is 0 Å². The van der Waals surface area contributed by atoms with Crippen molar-refractivity contribution in [1.29, 1.82) is 0 Å². The first-order chi connectivity index (χ1) is 8.08. The van der Waals surface area contributed by atoms with Crippen molar-refractivity contribution < 1.29 is 9.59 Å². The van der Waals surface area contributed by atoms with E-state index in [0.29, 0.717) is 12.5 Å². The Labute approximate surface area is 102 Å². The molecule has 2 aliphatic rings. The molecule has 0 radical (unpaired) electrons. The third-order valence-electron chi connectivity index (χ3n) is 3.37. The molecule has 17 heavy (non-hydrogen) atoms. The molecule has 2 amide bonds. The quantitative estimate of drug-likeness (QED) is 0.709. The minimum absolute atomic E-state index is 0.0349. The van der Waals surface area contributed by atoms with Crippen molar-refractivity contribution in [3.05, 3.63) is 0 Å². The van der Waals surface area contributed by atoms with E-state index in [0.717, 1.165) is 6.54 Å². The first-order valence-electron chi connectivity index (χ1n) is 6.38. The molecular weight excluding hydrogens is 218 g/mol. The van der Waals surface area contributed by atoms with Gasteiger partial charge in [-0.2, -0.15) is 0 Å². The topological polar surface area (TPSA) is 61.4 Å². The number of nitrogens with zero attached hydrogens (tertiary/aromatic N) is 1.